The zero-order valence-corrected chi connectivity index (χ0v) is 12.4. The van der Waals surface area contributed by atoms with E-state index >= 15 is 0 Å². The maximum Gasteiger partial charge on any atom is 0.309 e. The molecule has 106 valence electrons. The average molecular weight is 284 g/mol. The van der Waals surface area contributed by atoms with Gasteiger partial charge in [-0.05, 0) is 19.4 Å². The van der Waals surface area contributed by atoms with Gasteiger partial charge in [-0.15, -0.1) is 0 Å². The highest BCUT2D eigenvalue weighted by Gasteiger charge is 2.22. The van der Waals surface area contributed by atoms with Crippen LogP contribution in [0.25, 0.3) is 0 Å². The molecule has 0 saturated heterocycles. The van der Waals surface area contributed by atoms with Crippen molar-refractivity contribution >= 4 is 15.8 Å². The van der Waals surface area contributed by atoms with Crippen molar-refractivity contribution in [2.75, 3.05) is 12.4 Å². The van der Waals surface area contributed by atoms with Gasteiger partial charge in [-0.3, -0.25) is 4.79 Å². The van der Waals surface area contributed by atoms with Crippen molar-refractivity contribution in [1.29, 1.82) is 0 Å². The number of sulfone groups is 1. The summed E-state index contributed by atoms with van der Waals surface area (Å²) >= 11 is 0. The molecule has 0 spiro atoms. The summed E-state index contributed by atoms with van der Waals surface area (Å²) in [6.45, 7) is 5.45. The van der Waals surface area contributed by atoms with Crippen LogP contribution in [-0.4, -0.2) is 26.7 Å². The Morgan fingerprint density at radius 1 is 1.37 bits per heavy atom. The molecule has 1 atom stereocenters. The van der Waals surface area contributed by atoms with Gasteiger partial charge in [-0.2, -0.15) is 0 Å². The SMILES string of the molecule is CCOC(=O)C(C)CS(=O)(=O)Cc1cccc(C)c1. The molecular formula is C14H20O4S. The van der Waals surface area contributed by atoms with Crippen LogP contribution in [0, 0.1) is 12.8 Å². The molecule has 1 unspecified atom stereocenters. The third-order valence-corrected chi connectivity index (χ3v) is 4.44. The smallest absolute Gasteiger partial charge is 0.309 e. The Bertz CT molecular complexity index is 534. The van der Waals surface area contributed by atoms with Gasteiger partial charge in [0.05, 0.1) is 24.0 Å². The first kappa shape index (κ1) is 15.7. The molecule has 0 aliphatic carbocycles. The summed E-state index contributed by atoms with van der Waals surface area (Å²) in [6, 6.07) is 7.36. The van der Waals surface area contributed by atoms with E-state index in [-0.39, 0.29) is 18.1 Å². The van der Waals surface area contributed by atoms with Crippen molar-refractivity contribution in [3.05, 3.63) is 35.4 Å². The summed E-state index contributed by atoms with van der Waals surface area (Å²) in [4.78, 5) is 11.4. The molecule has 5 heteroatoms. The van der Waals surface area contributed by atoms with Crippen molar-refractivity contribution in [1.82, 2.24) is 0 Å². The van der Waals surface area contributed by atoms with Crippen LogP contribution in [0.4, 0.5) is 0 Å². The summed E-state index contributed by atoms with van der Waals surface area (Å²) in [5.74, 6) is -1.32. The quantitative estimate of drug-likeness (QED) is 0.751. The molecule has 1 rings (SSSR count). The molecule has 0 aliphatic heterocycles. The van der Waals surface area contributed by atoms with Crippen LogP contribution in [0.2, 0.25) is 0 Å². The highest BCUT2D eigenvalue weighted by Crippen LogP contribution is 2.12. The van der Waals surface area contributed by atoms with Crippen LogP contribution >= 0.6 is 0 Å². The number of hydrogen-bond acceptors (Lipinski definition) is 4. The number of carbonyl (C=O) groups is 1. The molecule has 4 nitrogen and oxygen atoms in total. The number of hydrogen-bond donors (Lipinski definition) is 0. The lowest BCUT2D eigenvalue weighted by Crippen LogP contribution is -2.24. The van der Waals surface area contributed by atoms with E-state index in [1.54, 1.807) is 19.9 Å². The van der Waals surface area contributed by atoms with E-state index in [4.69, 9.17) is 4.74 Å². The molecule has 0 amide bonds. The average Bonchev–Trinajstić information content (AvgIpc) is 2.27. The highest BCUT2D eigenvalue weighted by atomic mass is 32.2. The van der Waals surface area contributed by atoms with E-state index in [1.165, 1.54) is 0 Å². The topological polar surface area (TPSA) is 60.4 Å². The van der Waals surface area contributed by atoms with Gasteiger partial charge in [0.2, 0.25) is 0 Å². The molecule has 0 bridgehead atoms. The second-order valence-electron chi connectivity index (χ2n) is 4.70. The van der Waals surface area contributed by atoms with Crippen molar-refractivity contribution in [2.24, 2.45) is 5.92 Å². The van der Waals surface area contributed by atoms with Crippen molar-refractivity contribution in [2.45, 2.75) is 26.5 Å². The Kier molecular flexibility index (Phi) is 5.54. The molecule has 0 aromatic heterocycles. The zero-order valence-electron chi connectivity index (χ0n) is 11.5. The maximum absolute atomic E-state index is 12.0. The molecule has 1 aromatic carbocycles. The van der Waals surface area contributed by atoms with Crippen LogP contribution < -0.4 is 0 Å². The predicted molar refractivity (Wildman–Crippen MR) is 74.5 cm³/mol. The van der Waals surface area contributed by atoms with Gasteiger partial charge in [-0.25, -0.2) is 8.42 Å². The second-order valence-corrected chi connectivity index (χ2v) is 6.81. The minimum atomic E-state index is -3.31. The lowest BCUT2D eigenvalue weighted by Gasteiger charge is -2.11. The fourth-order valence-electron chi connectivity index (χ4n) is 1.85. The monoisotopic (exact) mass is 284 g/mol. The second kappa shape index (κ2) is 6.70. The van der Waals surface area contributed by atoms with E-state index in [0.29, 0.717) is 0 Å². The first-order valence-electron chi connectivity index (χ1n) is 6.26. The molecule has 1 aromatic rings. The molecule has 0 saturated carbocycles. The Labute approximate surface area is 114 Å². The Balaban J connectivity index is 2.69. The number of ether oxygens (including phenoxy) is 1. The molecule has 0 aliphatic rings. The first-order valence-corrected chi connectivity index (χ1v) is 8.09. The summed E-state index contributed by atoms with van der Waals surface area (Å²) in [6.07, 6.45) is 0. The largest absolute Gasteiger partial charge is 0.466 e. The van der Waals surface area contributed by atoms with E-state index in [0.717, 1.165) is 11.1 Å². The van der Waals surface area contributed by atoms with E-state index < -0.39 is 21.7 Å². The van der Waals surface area contributed by atoms with Crippen LogP contribution in [0.5, 0.6) is 0 Å². The van der Waals surface area contributed by atoms with E-state index in [1.807, 2.05) is 25.1 Å². The predicted octanol–water partition coefficient (Wildman–Crippen LogP) is 2.11. The Morgan fingerprint density at radius 2 is 2.05 bits per heavy atom. The first-order chi connectivity index (χ1) is 8.84. The zero-order chi connectivity index (χ0) is 14.5. The molecule has 19 heavy (non-hydrogen) atoms. The standard InChI is InChI=1S/C14H20O4S/c1-4-18-14(15)12(3)9-19(16,17)10-13-7-5-6-11(2)8-13/h5-8,12H,4,9-10H2,1-3H3. The van der Waals surface area contributed by atoms with Gasteiger partial charge >= 0.3 is 5.97 Å². The van der Waals surface area contributed by atoms with Gasteiger partial charge in [0, 0.05) is 0 Å². The fraction of sp³-hybridized carbons (Fsp3) is 0.500. The summed E-state index contributed by atoms with van der Waals surface area (Å²) < 4.78 is 28.9. The van der Waals surface area contributed by atoms with Crippen LogP contribution in [0.1, 0.15) is 25.0 Å². The van der Waals surface area contributed by atoms with E-state index in [9.17, 15) is 13.2 Å². The molecule has 0 heterocycles. The number of benzene rings is 1. The van der Waals surface area contributed by atoms with Crippen molar-refractivity contribution < 1.29 is 17.9 Å². The lowest BCUT2D eigenvalue weighted by atomic mass is 10.2. The van der Waals surface area contributed by atoms with Crippen LogP contribution in [-0.2, 0) is 25.1 Å². The number of esters is 1. The summed E-state index contributed by atoms with van der Waals surface area (Å²) in [7, 11) is -3.31. The van der Waals surface area contributed by atoms with Gasteiger partial charge < -0.3 is 4.74 Å². The lowest BCUT2D eigenvalue weighted by molar-refractivity contribution is -0.146. The minimum absolute atomic E-state index is 0.0432. The van der Waals surface area contributed by atoms with E-state index in [2.05, 4.69) is 0 Å². The Morgan fingerprint density at radius 3 is 2.63 bits per heavy atom. The maximum atomic E-state index is 12.0. The van der Waals surface area contributed by atoms with Crippen molar-refractivity contribution in [3.8, 4) is 0 Å². The molecule has 0 N–H and O–H groups in total. The van der Waals surface area contributed by atoms with Crippen LogP contribution in [0.15, 0.2) is 24.3 Å². The number of carbonyl (C=O) groups excluding carboxylic acids is 1. The number of rotatable bonds is 6. The molecule has 0 radical (unpaired) electrons. The summed E-state index contributed by atoms with van der Waals surface area (Å²) in [5, 5.41) is 0. The summed E-state index contributed by atoms with van der Waals surface area (Å²) in [5.41, 5.74) is 1.77. The highest BCUT2D eigenvalue weighted by molar-refractivity contribution is 7.90. The van der Waals surface area contributed by atoms with Gasteiger partial charge in [-0.1, -0.05) is 36.8 Å². The third kappa shape index (κ3) is 5.42. The van der Waals surface area contributed by atoms with Gasteiger partial charge in [0.15, 0.2) is 9.84 Å². The number of aryl methyl sites for hydroxylation is 1. The normalized spacial score (nSPS) is 13.0. The fourth-order valence-corrected chi connectivity index (χ4v) is 3.55. The van der Waals surface area contributed by atoms with Crippen LogP contribution in [0.3, 0.4) is 0 Å². The minimum Gasteiger partial charge on any atom is -0.466 e. The van der Waals surface area contributed by atoms with Gasteiger partial charge in [0.1, 0.15) is 0 Å². The Hall–Kier alpha value is -1.36. The molecule has 0 fully saturated rings. The molecular weight excluding hydrogens is 264 g/mol. The third-order valence-electron chi connectivity index (χ3n) is 2.66. The van der Waals surface area contributed by atoms with Crippen molar-refractivity contribution in [3.63, 3.8) is 0 Å². The van der Waals surface area contributed by atoms with Gasteiger partial charge in [0.25, 0.3) is 0 Å².